The molecule has 0 aliphatic carbocycles. The molecular formula is C63H116O6. The van der Waals surface area contributed by atoms with E-state index in [-0.39, 0.29) is 31.1 Å². The van der Waals surface area contributed by atoms with Gasteiger partial charge < -0.3 is 14.2 Å². The monoisotopic (exact) mass is 969 g/mol. The van der Waals surface area contributed by atoms with Crippen LogP contribution >= 0.6 is 0 Å². The van der Waals surface area contributed by atoms with Crippen molar-refractivity contribution in [2.75, 3.05) is 13.2 Å². The van der Waals surface area contributed by atoms with E-state index in [0.29, 0.717) is 19.3 Å². The topological polar surface area (TPSA) is 78.9 Å². The van der Waals surface area contributed by atoms with E-state index in [1.54, 1.807) is 0 Å². The van der Waals surface area contributed by atoms with Crippen molar-refractivity contribution in [1.29, 1.82) is 0 Å². The molecule has 0 aliphatic heterocycles. The lowest BCUT2D eigenvalue weighted by Crippen LogP contribution is -2.30. The van der Waals surface area contributed by atoms with Gasteiger partial charge in [-0.05, 0) is 77.0 Å². The number of carbonyl (C=O) groups excluding carboxylic acids is 3. The molecule has 0 fully saturated rings. The highest BCUT2D eigenvalue weighted by Crippen LogP contribution is 2.17. The van der Waals surface area contributed by atoms with Crippen molar-refractivity contribution in [2.45, 2.75) is 335 Å². The average Bonchev–Trinajstić information content (AvgIpc) is 3.35. The fourth-order valence-corrected chi connectivity index (χ4v) is 9.00. The number of hydrogen-bond donors (Lipinski definition) is 0. The smallest absolute Gasteiger partial charge is 0.306 e. The predicted octanol–water partition coefficient (Wildman–Crippen LogP) is 20.4. The Morgan fingerprint density at radius 1 is 0.290 bits per heavy atom. The Morgan fingerprint density at radius 3 is 0.841 bits per heavy atom. The number of hydrogen-bond acceptors (Lipinski definition) is 6. The third kappa shape index (κ3) is 56.4. The fourth-order valence-electron chi connectivity index (χ4n) is 9.00. The number of allylic oxidation sites excluding steroid dienone is 6. The van der Waals surface area contributed by atoms with E-state index in [2.05, 4.69) is 57.2 Å². The molecule has 1 atom stereocenters. The van der Waals surface area contributed by atoms with Gasteiger partial charge in [0, 0.05) is 19.3 Å². The van der Waals surface area contributed by atoms with Crippen molar-refractivity contribution in [3.63, 3.8) is 0 Å². The summed E-state index contributed by atoms with van der Waals surface area (Å²) < 4.78 is 16.9. The van der Waals surface area contributed by atoms with E-state index in [9.17, 15) is 14.4 Å². The van der Waals surface area contributed by atoms with Gasteiger partial charge >= 0.3 is 17.9 Å². The lowest BCUT2D eigenvalue weighted by atomic mass is 10.0. The predicted molar refractivity (Wildman–Crippen MR) is 298 cm³/mol. The molecule has 0 saturated carbocycles. The summed E-state index contributed by atoms with van der Waals surface area (Å²) in [5.41, 5.74) is 0. The molecule has 0 radical (unpaired) electrons. The highest BCUT2D eigenvalue weighted by Gasteiger charge is 2.19. The van der Waals surface area contributed by atoms with Crippen LogP contribution in [0.2, 0.25) is 0 Å². The van der Waals surface area contributed by atoms with Gasteiger partial charge in [-0.2, -0.15) is 0 Å². The summed E-state index contributed by atoms with van der Waals surface area (Å²) in [5, 5.41) is 0. The van der Waals surface area contributed by atoms with Gasteiger partial charge in [-0.15, -0.1) is 0 Å². The number of unbranched alkanes of at least 4 members (excludes halogenated alkanes) is 39. The summed E-state index contributed by atoms with van der Waals surface area (Å²) in [4.78, 5) is 38.1. The molecule has 0 saturated heterocycles. The Hall–Kier alpha value is -2.37. The van der Waals surface area contributed by atoms with Crippen molar-refractivity contribution in [2.24, 2.45) is 0 Å². The standard InChI is InChI=1S/C63H116O6/c1-4-7-10-13-16-19-22-25-26-27-28-29-30-31-32-33-34-35-36-37-38-39-42-44-47-50-53-56-62(65)68-59-60(69-63(66)57-54-51-48-45-41-24-21-18-15-12-9-6-3)58-67-61(64)55-52-49-46-43-40-23-20-17-14-11-8-5-2/h18,21-22,25,27-28,60H,4-17,19-20,23-24,26,29-59H2,1-3H3/b21-18-,25-22-,28-27-. The van der Waals surface area contributed by atoms with Crippen LogP contribution < -0.4 is 0 Å². The van der Waals surface area contributed by atoms with Gasteiger partial charge in [-0.25, -0.2) is 0 Å². The molecule has 0 N–H and O–H groups in total. The Bertz CT molecular complexity index is 1160. The lowest BCUT2D eigenvalue weighted by Gasteiger charge is -2.18. The van der Waals surface area contributed by atoms with Crippen LogP contribution in [0.1, 0.15) is 329 Å². The molecule has 0 rings (SSSR count). The Morgan fingerprint density at radius 2 is 0.522 bits per heavy atom. The van der Waals surface area contributed by atoms with Gasteiger partial charge in [0.15, 0.2) is 6.10 Å². The van der Waals surface area contributed by atoms with Crippen LogP contribution in [0, 0.1) is 0 Å². The number of ether oxygens (including phenoxy) is 3. The molecule has 6 heteroatoms. The van der Waals surface area contributed by atoms with Crippen LogP contribution in [0.25, 0.3) is 0 Å². The molecule has 6 nitrogen and oxygen atoms in total. The highest BCUT2D eigenvalue weighted by molar-refractivity contribution is 5.71. The zero-order valence-electron chi connectivity index (χ0n) is 46.3. The molecule has 0 aromatic carbocycles. The molecule has 404 valence electrons. The molecule has 0 spiro atoms. The van der Waals surface area contributed by atoms with Crippen LogP contribution in [-0.2, 0) is 28.6 Å². The maximum atomic E-state index is 12.8. The van der Waals surface area contributed by atoms with Crippen molar-refractivity contribution < 1.29 is 28.6 Å². The summed E-state index contributed by atoms with van der Waals surface area (Å²) >= 11 is 0. The second-order valence-electron chi connectivity index (χ2n) is 20.6. The van der Waals surface area contributed by atoms with E-state index in [4.69, 9.17) is 14.2 Å². The summed E-state index contributed by atoms with van der Waals surface area (Å²) in [5.74, 6) is -0.863. The van der Waals surface area contributed by atoms with E-state index >= 15 is 0 Å². The van der Waals surface area contributed by atoms with E-state index < -0.39 is 6.10 Å². The second kappa shape index (κ2) is 58.2. The Labute approximate surface area is 429 Å². The van der Waals surface area contributed by atoms with Crippen LogP contribution in [0.5, 0.6) is 0 Å². The van der Waals surface area contributed by atoms with Crippen molar-refractivity contribution in [3.05, 3.63) is 36.5 Å². The van der Waals surface area contributed by atoms with Gasteiger partial charge in [0.25, 0.3) is 0 Å². The first kappa shape index (κ1) is 66.6. The maximum Gasteiger partial charge on any atom is 0.306 e. The highest BCUT2D eigenvalue weighted by atomic mass is 16.6. The van der Waals surface area contributed by atoms with Gasteiger partial charge in [-0.1, -0.05) is 269 Å². The minimum Gasteiger partial charge on any atom is -0.462 e. The molecule has 0 aliphatic rings. The van der Waals surface area contributed by atoms with Crippen LogP contribution in [0.3, 0.4) is 0 Å². The maximum absolute atomic E-state index is 12.8. The minimum atomic E-state index is -0.772. The first-order valence-corrected chi connectivity index (χ1v) is 30.5. The SMILES string of the molecule is CCCCC/C=C\CCCCCCCC(=O)OC(COC(=O)CCCCCCCCCCCCCC)COC(=O)CCCCCCCCCCCCCCCCC/C=C\C/C=C\CCCCCCC. The number of esters is 3. The third-order valence-electron chi connectivity index (χ3n) is 13.6. The van der Waals surface area contributed by atoms with Gasteiger partial charge in [-0.3, -0.25) is 14.4 Å². The lowest BCUT2D eigenvalue weighted by molar-refractivity contribution is -0.167. The van der Waals surface area contributed by atoms with E-state index in [1.165, 1.54) is 218 Å². The summed E-state index contributed by atoms with van der Waals surface area (Å²) in [6, 6.07) is 0. The molecule has 0 aromatic rings. The minimum absolute atomic E-state index is 0.0711. The number of carbonyl (C=O) groups is 3. The second-order valence-corrected chi connectivity index (χ2v) is 20.6. The summed E-state index contributed by atoms with van der Waals surface area (Å²) in [6.45, 7) is 6.63. The average molecular weight is 970 g/mol. The van der Waals surface area contributed by atoms with Crippen LogP contribution in [0.4, 0.5) is 0 Å². The van der Waals surface area contributed by atoms with Crippen LogP contribution in [0.15, 0.2) is 36.5 Å². The summed E-state index contributed by atoms with van der Waals surface area (Å²) in [6.07, 6.45) is 70.1. The normalized spacial score (nSPS) is 12.2. The first-order valence-electron chi connectivity index (χ1n) is 30.5. The summed E-state index contributed by atoms with van der Waals surface area (Å²) in [7, 11) is 0. The molecule has 0 heterocycles. The first-order chi connectivity index (χ1) is 34.0. The largest absolute Gasteiger partial charge is 0.462 e. The van der Waals surface area contributed by atoms with Crippen LogP contribution in [-0.4, -0.2) is 37.2 Å². The Kier molecular flexibility index (Phi) is 56.2. The zero-order chi connectivity index (χ0) is 50.0. The number of rotatable bonds is 56. The van der Waals surface area contributed by atoms with E-state index in [1.807, 2.05) is 0 Å². The third-order valence-corrected chi connectivity index (χ3v) is 13.6. The molecule has 1 unspecified atom stereocenters. The molecule has 0 amide bonds. The fraction of sp³-hybridized carbons (Fsp3) is 0.857. The van der Waals surface area contributed by atoms with Crippen molar-refractivity contribution in [3.8, 4) is 0 Å². The van der Waals surface area contributed by atoms with Gasteiger partial charge in [0.2, 0.25) is 0 Å². The molecule has 69 heavy (non-hydrogen) atoms. The molecular weight excluding hydrogens is 853 g/mol. The molecule has 0 aromatic heterocycles. The molecule has 0 bridgehead atoms. The van der Waals surface area contributed by atoms with Gasteiger partial charge in [0.05, 0.1) is 0 Å². The Balaban J connectivity index is 4.15. The van der Waals surface area contributed by atoms with Crippen molar-refractivity contribution in [1.82, 2.24) is 0 Å². The van der Waals surface area contributed by atoms with Gasteiger partial charge in [0.1, 0.15) is 13.2 Å². The quantitative estimate of drug-likeness (QED) is 0.0261. The van der Waals surface area contributed by atoms with Crippen molar-refractivity contribution >= 4 is 17.9 Å². The zero-order valence-corrected chi connectivity index (χ0v) is 46.3. The van der Waals surface area contributed by atoms with E-state index in [0.717, 1.165) is 70.6 Å².